The number of phenols is 1. The number of nitrogens with zero attached hydrogens (tertiary/aromatic N) is 3. The fourth-order valence-corrected chi connectivity index (χ4v) is 2.75. The highest BCUT2D eigenvalue weighted by Crippen LogP contribution is 2.38. The summed E-state index contributed by atoms with van der Waals surface area (Å²) in [5, 5.41) is 34.8. The van der Waals surface area contributed by atoms with Gasteiger partial charge in [0.2, 0.25) is 0 Å². The predicted molar refractivity (Wildman–Crippen MR) is 110 cm³/mol. The Morgan fingerprint density at radius 3 is 2.28 bits per heavy atom. The first-order valence-corrected chi connectivity index (χ1v) is 8.55. The zero-order valence-corrected chi connectivity index (χ0v) is 15.4. The number of rotatable bonds is 6. The molecule has 0 spiro atoms. The first-order valence-electron chi connectivity index (χ1n) is 8.17. The SMILES string of the molecule is O=[N+]([O-])c1cc([N+](=O)[O-])c(Nc2ccccc2N=Cc2ccccc2O)cc1Cl. The molecule has 0 aliphatic heterocycles. The Morgan fingerprint density at radius 1 is 0.931 bits per heavy atom. The van der Waals surface area contributed by atoms with Gasteiger partial charge < -0.3 is 10.4 Å². The Kier molecular flexibility index (Phi) is 5.70. The van der Waals surface area contributed by atoms with Gasteiger partial charge in [0.15, 0.2) is 0 Å². The summed E-state index contributed by atoms with van der Waals surface area (Å²) in [4.78, 5) is 25.2. The molecule has 3 rings (SSSR count). The third-order valence-electron chi connectivity index (χ3n) is 3.91. The number of aromatic hydroxyl groups is 1. The van der Waals surface area contributed by atoms with E-state index in [4.69, 9.17) is 11.6 Å². The molecular weight excluding hydrogens is 400 g/mol. The second-order valence-electron chi connectivity index (χ2n) is 5.79. The van der Waals surface area contributed by atoms with Crippen molar-refractivity contribution in [3.05, 3.63) is 91.5 Å². The number of phenolic OH excluding ortho intramolecular Hbond substituents is 1. The number of nitrogens with one attached hydrogen (secondary N) is 1. The smallest absolute Gasteiger partial charge is 0.299 e. The van der Waals surface area contributed by atoms with Crippen molar-refractivity contribution in [1.29, 1.82) is 0 Å². The molecule has 29 heavy (non-hydrogen) atoms. The summed E-state index contributed by atoms with van der Waals surface area (Å²) in [6.07, 6.45) is 1.45. The molecule has 10 heteroatoms. The van der Waals surface area contributed by atoms with E-state index in [0.717, 1.165) is 12.1 Å². The van der Waals surface area contributed by atoms with Gasteiger partial charge in [0.25, 0.3) is 11.4 Å². The maximum Gasteiger partial charge on any atom is 0.299 e. The summed E-state index contributed by atoms with van der Waals surface area (Å²) in [6, 6.07) is 15.3. The van der Waals surface area contributed by atoms with E-state index in [1.165, 1.54) is 12.3 Å². The van der Waals surface area contributed by atoms with E-state index >= 15 is 0 Å². The third-order valence-corrected chi connectivity index (χ3v) is 4.21. The Balaban J connectivity index is 2.00. The molecule has 0 saturated heterocycles. The summed E-state index contributed by atoms with van der Waals surface area (Å²) < 4.78 is 0. The zero-order valence-electron chi connectivity index (χ0n) is 14.7. The molecule has 0 atom stereocenters. The second kappa shape index (κ2) is 8.36. The van der Waals surface area contributed by atoms with Crippen LogP contribution in [0.5, 0.6) is 5.75 Å². The fourth-order valence-electron chi connectivity index (χ4n) is 2.51. The number of para-hydroxylation sites is 3. The molecule has 0 bridgehead atoms. The van der Waals surface area contributed by atoms with Crippen molar-refractivity contribution in [2.24, 2.45) is 4.99 Å². The van der Waals surface area contributed by atoms with Crippen molar-refractivity contribution in [3.8, 4) is 5.75 Å². The van der Waals surface area contributed by atoms with Crippen LogP contribution in [0.15, 0.2) is 65.7 Å². The summed E-state index contributed by atoms with van der Waals surface area (Å²) >= 11 is 5.90. The average Bonchev–Trinajstić information content (AvgIpc) is 2.68. The number of nitro benzene ring substituents is 2. The molecule has 0 heterocycles. The van der Waals surface area contributed by atoms with Gasteiger partial charge in [0.1, 0.15) is 16.5 Å². The Morgan fingerprint density at radius 2 is 1.59 bits per heavy atom. The third kappa shape index (κ3) is 4.47. The van der Waals surface area contributed by atoms with Crippen molar-refractivity contribution < 1.29 is 15.0 Å². The normalized spacial score (nSPS) is 10.8. The van der Waals surface area contributed by atoms with Gasteiger partial charge in [0.05, 0.1) is 27.3 Å². The maximum absolute atomic E-state index is 11.4. The van der Waals surface area contributed by atoms with Crippen LogP contribution >= 0.6 is 11.6 Å². The fraction of sp³-hybridized carbons (Fsp3) is 0. The van der Waals surface area contributed by atoms with Gasteiger partial charge in [-0.25, -0.2) is 0 Å². The Labute approximate surface area is 169 Å². The number of benzene rings is 3. The standard InChI is InChI=1S/C19H13ClN4O5/c20-13-9-16(18(24(28)29)10-17(13)23(26)27)22-15-7-3-2-6-14(15)21-11-12-5-1-4-8-19(12)25/h1-11,22,25H. The molecule has 0 fully saturated rings. The van der Waals surface area contributed by atoms with E-state index in [1.54, 1.807) is 42.5 Å². The van der Waals surface area contributed by atoms with Crippen molar-refractivity contribution >= 4 is 46.3 Å². The predicted octanol–water partition coefficient (Wildman–Crippen LogP) is 5.36. The van der Waals surface area contributed by atoms with E-state index in [1.807, 2.05) is 0 Å². The summed E-state index contributed by atoms with van der Waals surface area (Å²) in [5.74, 6) is 0.0551. The Bertz CT molecular complexity index is 1130. The van der Waals surface area contributed by atoms with Gasteiger partial charge in [-0.2, -0.15) is 0 Å². The van der Waals surface area contributed by atoms with Crippen molar-refractivity contribution in [1.82, 2.24) is 0 Å². The van der Waals surface area contributed by atoms with Crippen molar-refractivity contribution in [3.63, 3.8) is 0 Å². The molecule has 9 nitrogen and oxygen atoms in total. The first-order chi connectivity index (χ1) is 13.9. The minimum atomic E-state index is -0.788. The molecular formula is C19H13ClN4O5. The largest absolute Gasteiger partial charge is 0.507 e. The van der Waals surface area contributed by atoms with Crippen LogP contribution < -0.4 is 5.32 Å². The van der Waals surface area contributed by atoms with E-state index < -0.39 is 21.2 Å². The van der Waals surface area contributed by atoms with Crippen LogP contribution in [0, 0.1) is 20.2 Å². The summed E-state index contributed by atoms with van der Waals surface area (Å²) in [7, 11) is 0. The molecule has 3 aromatic carbocycles. The van der Waals surface area contributed by atoms with E-state index in [0.29, 0.717) is 16.9 Å². The van der Waals surface area contributed by atoms with E-state index in [2.05, 4.69) is 10.3 Å². The number of hydrogen-bond acceptors (Lipinski definition) is 7. The van der Waals surface area contributed by atoms with E-state index in [-0.39, 0.29) is 16.5 Å². The van der Waals surface area contributed by atoms with Crippen LogP contribution in [0.1, 0.15) is 5.56 Å². The van der Waals surface area contributed by atoms with Crippen LogP contribution in [0.2, 0.25) is 5.02 Å². The molecule has 0 aromatic heterocycles. The molecule has 2 N–H and O–H groups in total. The number of anilines is 2. The highest BCUT2D eigenvalue weighted by atomic mass is 35.5. The molecule has 0 radical (unpaired) electrons. The lowest BCUT2D eigenvalue weighted by Crippen LogP contribution is -2.00. The average molecular weight is 413 g/mol. The van der Waals surface area contributed by atoms with Crippen molar-refractivity contribution in [2.75, 3.05) is 5.32 Å². The second-order valence-corrected chi connectivity index (χ2v) is 6.20. The van der Waals surface area contributed by atoms with Gasteiger partial charge >= 0.3 is 0 Å². The van der Waals surface area contributed by atoms with Gasteiger partial charge in [-0.05, 0) is 30.3 Å². The molecule has 0 aliphatic rings. The van der Waals surface area contributed by atoms with Gasteiger partial charge in [0, 0.05) is 11.8 Å². The quantitative estimate of drug-likeness (QED) is 0.318. The maximum atomic E-state index is 11.4. The summed E-state index contributed by atoms with van der Waals surface area (Å²) in [6.45, 7) is 0. The van der Waals surface area contributed by atoms with Crippen molar-refractivity contribution in [2.45, 2.75) is 0 Å². The van der Waals surface area contributed by atoms with Crippen LogP contribution in [0.3, 0.4) is 0 Å². The van der Waals surface area contributed by atoms with Gasteiger partial charge in [-0.3, -0.25) is 25.2 Å². The Hall–Kier alpha value is -3.98. The highest BCUT2D eigenvalue weighted by molar-refractivity contribution is 6.33. The summed E-state index contributed by atoms with van der Waals surface area (Å²) in [5.41, 5.74) is 0.254. The number of aliphatic imine (C=N–C) groups is 1. The molecule has 3 aromatic rings. The molecule has 0 unspecified atom stereocenters. The molecule has 0 aliphatic carbocycles. The first kappa shape index (κ1) is 19.8. The zero-order chi connectivity index (χ0) is 21.0. The van der Waals surface area contributed by atoms with Crippen LogP contribution in [-0.4, -0.2) is 21.2 Å². The lowest BCUT2D eigenvalue weighted by molar-refractivity contribution is -0.393. The number of hydrogen-bond donors (Lipinski definition) is 2. The van der Waals surface area contributed by atoms with Gasteiger partial charge in [-0.15, -0.1) is 0 Å². The van der Waals surface area contributed by atoms with Gasteiger partial charge in [-0.1, -0.05) is 35.9 Å². The number of nitro groups is 2. The minimum Gasteiger partial charge on any atom is -0.507 e. The molecule has 146 valence electrons. The highest BCUT2D eigenvalue weighted by Gasteiger charge is 2.24. The van der Waals surface area contributed by atoms with Crippen LogP contribution in [-0.2, 0) is 0 Å². The topological polar surface area (TPSA) is 131 Å². The van der Waals surface area contributed by atoms with Crippen LogP contribution in [0.25, 0.3) is 0 Å². The number of halogens is 1. The molecule has 0 amide bonds. The lowest BCUT2D eigenvalue weighted by Gasteiger charge is -2.10. The monoisotopic (exact) mass is 412 g/mol. The minimum absolute atomic E-state index is 0.0178. The van der Waals surface area contributed by atoms with Crippen LogP contribution in [0.4, 0.5) is 28.4 Å². The molecule has 0 saturated carbocycles. The van der Waals surface area contributed by atoms with E-state index in [9.17, 15) is 25.3 Å². The lowest BCUT2D eigenvalue weighted by atomic mass is 10.2.